The SMILES string of the molecule is CCCCCCCCCCCCCCCCCC[NH+](C)CCCCCCCCCCCCCCCCCC.CCCCCCCCCCCCCCCCCC[NH+](C)CCCCCCCCCCCCCCCCCC.[O-]B([O-])c1cc(-c2c(F)c(F)c(F)c(F)c2F)c(-c2c(F)c(F)c(F)c(F)c2F)c(-c2c(F)c(F)c(F)c(F)c2F)c1O. The molecule has 0 unspecified atom stereocenters. The Morgan fingerprint density at radius 3 is 0.521 bits per heavy atom. The van der Waals surface area contributed by atoms with Crippen molar-refractivity contribution in [1.29, 1.82) is 0 Å². The average Bonchev–Trinajstić information content (AvgIpc) is 0.717. The number of hydrogen-bond acceptors (Lipinski definition) is 3. The molecule has 0 aliphatic carbocycles. The molecule has 0 bridgehead atoms. The zero-order valence-electron chi connectivity index (χ0n) is 74.7. The smallest absolute Gasteiger partial charge is 0.200 e. The van der Waals surface area contributed by atoms with Crippen molar-refractivity contribution in [1.82, 2.24) is 0 Å². The zero-order chi connectivity index (χ0) is 87.8. The first-order chi connectivity index (χ1) is 57.5. The number of hydrogen-bond donors (Lipinski definition) is 3. The molecule has 0 atom stereocenters. The Morgan fingerprint density at radius 2 is 0.353 bits per heavy atom. The summed E-state index contributed by atoms with van der Waals surface area (Å²) < 4.78 is 216. The molecule has 0 spiro atoms. The molecule has 5 nitrogen and oxygen atoms in total. The zero-order valence-corrected chi connectivity index (χ0v) is 74.7. The Morgan fingerprint density at radius 1 is 0.210 bits per heavy atom. The number of halogens is 15. The van der Waals surface area contributed by atoms with E-state index in [1.807, 2.05) is 0 Å². The molecular weight excluding hydrogens is 1550 g/mol. The van der Waals surface area contributed by atoms with Crippen LogP contribution in [-0.4, -0.2) is 52.5 Å². The molecule has 0 aliphatic rings. The van der Waals surface area contributed by atoms with Crippen molar-refractivity contribution >= 4 is 12.6 Å². The van der Waals surface area contributed by atoms with Crippen LogP contribution < -0.4 is 25.3 Å². The number of benzene rings is 4. The molecule has 4 aromatic rings. The molecule has 4 rings (SSSR count). The van der Waals surface area contributed by atoms with Gasteiger partial charge in [0.2, 0.25) is 17.5 Å². The van der Waals surface area contributed by atoms with E-state index in [0.29, 0.717) is 0 Å². The predicted molar refractivity (Wildman–Crippen MR) is 461 cm³/mol. The standard InChI is InChI=1S/2C37H77N.C24H2BF15O3/c2*1-4-6-8-10-12-14-16-18-20-22-24-26-28-30-32-34-36-38(3)37-35-33-31-29-27-25-23-21-19-17-15-13-11-9-7-5-2;26-9-5(10(27)16(33)21(38)15(9)32)2-1-3(25(42)43)24(41)6(8-13(30)19(36)23(40)20(37)14(8)31)4(2)7-11(28)17(34)22(39)18(35)12(7)29/h2*4-37H2,1-3H3;1,41H/q;;-2/p+2. The van der Waals surface area contributed by atoms with E-state index in [0.717, 1.165) is 0 Å². The molecule has 0 fully saturated rings. The molecule has 119 heavy (non-hydrogen) atoms. The van der Waals surface area contributed by atoms with Crippen molar-refractivity contribution in [2.24, 2.45) is 0 Å². The van der Waals surface area contributed by atoms with Crippen LogP contribution in [0.3, 0.4) is 0 Å². The van der Waals surface area contributed by atoms with Crippen LogP contribution in [0.4, 0.5) is 65.9 Å². The molecule has 0 aliphatic heterocycles. The molecule has 4 aromatic carbocycles. The lowest BCUT2D eigenvalue weighted by atomic mass is 9.73. The largest absolute Gasteiger partial charge is 0.889 e. The highest BCUT2D eigenvalue weighted by Gasteiger charge is 2.38. The van der Waals surface area contributed by atoms with Crippen LogP contribution in [0.2, 0.25) is 0 Å². The molecule has 0 amide bonds. The number of phenolic OH excluding ortho intramolecular Hbond substituents is 1. The summed E-state index contributed by atoms with van der Waals surface area (Å²) in [5, 5.41) is 34.0. The molecule has 0 aromatic heterocycles. The number of aromatic hydroxyl groups is 1. The minimum absolute atomic E-state index is 0.415. The second kappa shape index (κ2) is 70.8. The molecule has 3 N–H and O–H groups in total. The van der Waals surface area contributed by atoms with E-state index >= 15 is 8.78 Å². The minimum atomic E-state index is -3.74. The van der Waals surface area contributed by atoms with Gasteiger partial charge in [-0.2, -0.15) is 0 Å². The highest BCUT2D eigenvalue weighted by Crippen LogP contribution is 2.50. The fourth-order valence-electron chi connectivity index (χ4n) is 16.2. The van der Waals surface area contributed by atoms with E-state index in [1.165, 1.54) is 437 Å². The lowest BCUT2D eigenvalue weighted by molar-refractivity contribution is -0.880. The maximum Gasteiger partial charge on any atom is 0.200 e. The summed E-state index contributed by atoms with van der Waals surface area (Å²) in [6.45, 7) is 14.8. The third-order valence-electron chi connectivity index (χ3n) is 23.8. The first-order valence-corrected chi connectivity index (χ1v) is 47.9. The first kappa shape index (κ1) is 111. The van der Waals surface area contributed by atoms with Gasteiger partial charge in [-0.25, -0.2) is 65.9 Å². The number of nitrogens with one attached hydrogen (secondary N) is 2. The lowest BCUT2D eigenvalue weighted by Crippen LogP contribution is -3.09. The molecule has 0 saturated heterocycles. The third kappa shape index (κ3) is 45.8. The second-order valence-corrected chi connectivity index (χ2v) is 34.4. The van der Waals surface area contributed by atoms with Gasteiger partial charge in [-0.1, -0.05) is 406 Å². The monoisotopic (exact) mass is 1710 g/mol. The summed E-state index contributed by atoms with van der Waals surface area (Å²) >= 11 is 0. The maximum absolute atomic E-state index is 15.0. The summed E-state index contributed by atoms with van der Waals surface area (Å²) in [7, 11) is 1.11. The number of rotatable bonds is 72. The van der Waals surface area contributed by atoms with Crippen molar-refractivity contribution in [3.05, 3.63) is 93.3 Å². The van der Waals surface area contributed by atoms with Crippen LogP contribution in [0.5, 0.6) is 5.75 Å². The summed E-state index contributed by atoms with van der Waals surface area (Å²) in [6, 6.07) is -0.415. The van der Waals surface area contributed by atoms with Crippen LogP contribution in [0.15, 0.2) is 6.07 Å². The molecule has 0 heterocycles. The molecule has 0 radical (unpaired) electrons. The van der Waals surface area contributed by atoms with Crippen molar-refractivity contribution < 1.29 is 90.8 Å². The Hall–Kier alpha value is -4.47. The van der Waals surface area contributed by atoms with Gasteiger partial charge in [0, 0.05) is 11.1 Å². The average molecular weight is 1710 g/mol. The summed E-state index contributed by atoms with van der Waals surface area (Å²) in [5.41, 5.74) is -16.6. The Balaban J connectivity index is 0.000000608. The quantitative estimate of drug-likeness (QED) is 0.0136. The predicted octanol–water partition coefficient (Wildman–Crippen LogP) is 28.9. The Kier molecular flexibility index (Phi) is 65.8. The molecule has 21 heteroatoms. The third-order valence-corrected chi connectivity index (χ3v) is 23.8. The highest BCUT2D eigenvalue weighted by atomic mass is 19.2. The van der Waals surface area contributed by atoms with E-state index < -0.39 is 145 Å². The normalized spacial score (nSPS) is 11.6. The van der Waals surface area contributed by atoms with E-state index in [9.17, 15) is 72.2 Å². The van der Waals surface area contributed by atoms with Gasteiger partial charge in [-0.3, -0.25) is 0 Å². The molecule has 0 saturated carbocycles. The summed E-state index contributed by atoms with van der Waals surface area (Å²) in [5.74, 6) is -47.1. The first-order valence-electron chi connectivity index (χ1n) is 47.9. The maximum atomic E-state index is 15.0. The van der Waals surface area contributed by atoms with Gasteiger partial charge in [0.15, 0.2) is 69.8 Å². The van der Waals surface area contributed by atoms with Crippen LogP contribution in [0.25, 0.3) is 33.4 Å². The Labute approximate surface area is 711 Å². The number of phenols is 1. The minimum Gasteiger partial charge on any atom is -0.889 e. The Bertz CT molecular complexity index is 3000. The van der Waals surface area contributed by atoms with Crippen molar-refractivity contribution in [3.8, 4) is 39.1 Å². The number of quaternary nitrogens is 2. The lowest BCUT2D eigenvalue weighted by Gasteiger charge is -2.31. The van der Waals surface area contributed by atoms with Crippen molar-refractivity contribution in [3.63, 3.8) is 0 Å². The van der Waals surface area contributed by atoms with E-state index in [1.54, 1.807) is 9.80 Å². The fraction of sp³-hybridized carbons (Fsp3) is 0.755. The highest BCUT2D eigenvalue weighted by molar-refractivity contribution is 6.57. The number of unbranched alkanes of at least 4 members (excludes halogenated alkanes) is 60. The van der Waals surface area contributed by atoms with Gasteiger partial charge in [0.05, 0.1) is 57.0 Å². The van der Waals surface area contributed by atoms with E-state index in [4.69, 9.17) is 0 Å². The topological polar surface area (TPSA) is 75.2 Å². The van der Waals surface area contributed by atoms with Crippen LogP contribution in [0, 0.1) is 87.3 Å². The van der Waals surface area contributed by atoms with Crippen molar-refractivity contribution in [2.45, 2.75) is 439 Å². The van der Waals surface area contributed by atoms with Gasteiger partial charge < -0.3 is 25.0 Å². The summed E-state index contributed by atoms with van der Waals surface area (Å²) in [6.07, 6.45) is 94.1. The molecule has 686 valence electrons. The fourth-order valence-corrected chi connectivity index (χ4v) is 16.2. The van der Waals surface area contributed by atoms with Gasteiger partial charge >= 0.3 is 0 Å². The van der Waals surface area contributed by atoms with Crippen LogP contribution in [-0.2, 0) is 0 Å². The van der Waals surface area contributed by atoms with Crippen LogP contribution >= 0.6 is 0 Å². The van der Waals surface area contributed by atoms with E-state index in [2.05, 4.69) is 41.8 Å². The van der Waals surface area contributed by atoms with Gasteiger partial charge in [-0.15, -0.1) is 0 Å². The summed E-state index contributed by atoms with van der Waals surface area (Å²) in [4.78, 5) is 3.56. The molecular formula is C98H158BF15N2O3. The van der Waals surface area contributed by atoms with Gasteiger partial charge in [0.25, 0.3) is 0 Å². The van der Waals surface area contributed by atoms with Crippen LogP contribution in [0.1, 0.15) is 439 Å². The van der Waals surface area contributed by atoms with E-state index in [-0.39, 0.29) is 0 Å². The van der Waals surface area contributed by atoms with Gasteiger partial charge in [0.1, 0.15) is 5.75 Å². The second-order valence-electron chi connectivity index (χ2n) is 34.4. The van der Waals surface area contributed by atoms with Crippen molar-refractivity contribution in [2.75, 3.05) is 40.3 Å². The van der Waals surface area contributed by atoms with Gasteiger partial charge in [-0.05, 0) is 56.9 Å².